The number of rotatable bonds is 8. The second kappa shape index (κ2) is 10.2. The number of fused-ring (bicyclic) bond motifs is 1. The third kappa shape index (κ3) is 5.30. The quantitative estimate of drug-likeness (QED) is 0.323. The summed E-state index contributed by atoms with van der Waals surface area (Å²) < 4.78 is 21.1. The van der Waals surface area contributed by atoms with Crippen LogP contribution in [0.1, 0.15) is 16.1 Å². The van der Waals surface area contributed by atoms with E-state index < -0.39 is 0 Å². The van der Waals surface area contributed by atoms with Gasteiger partial charge in [0.2, 0.25) is 5.95 Å². The second-order valence-electron chi connectivity index (χ2n) is 8.12. The number of aryl methyl sites for hydroxylation is 1. The molecule has 3 aromatic heterocycles. The minimum absolute atomic E-state index is 0.270. The number of ether oxygens (including phenoxy) is 1. The third-order valence-corrected chi connectivity index (χ3v) is 5.60. The fraction of sp³-hybridized carbons (Fsp3) is 0.111. The number of amides is 1. The Balaban J connectivity index is 1.26. The van der Waals surface area contributed by atoms with E-state index in [2.05, 4.69) is 25.6 Å². The minimum Gasteiger partial charge on any atom is -0.457 e. The fourth-order valence-corrected chi connectivity index (χ4v) is 3.71. The first kappa shape index (κ1) is 23.0. The Kier molecular flexibility index (Phi) is 6.53. The lowest BCUT2D eigenvalue weighted by Crippen LogP contribution is -2.26. The van der Waals surface area contributed by atoms with Crippen molar-refractivity contribution in [1.29, 1.82) is 0 Å². The molecule has 3 heterocycles. The largest absolute Gasteiger partial charge is 0.457 e. The number of hydrogen-bond donors (Lipinski definition) is 2. The van der Waals surface area contributed by atoms with E-state index in [-0.39, 0.29) is 17.4 Å². The van der Waals surface area contributed by atoms with Crippen molar-refractivity contribution in [3.8, 4) is 11.5 Å². The van der Waals surface area contributed by atoms with E-state index in [4.69, 9.17) is 4.74 Å². The predicted octanol–water partition coefficient (Wildman–Crippen LogP) is 5.01. The summed E-state index contributed by atoms with van der Waals surface area (Å²) >= 11 is 0. The number of anilines is 2. The zero-order valence-corrected chi connectivity index (χ0v) is 19.5. The SMILES string of the molecule is Cn1c(Nc2ccc(F)cc2)nc2cc(Oc3ccnc(C(=O)NCCc4ccncc4)c3)ccc21. The topological polar surface area (TPSA) is 94.0 Å². The van der Waals surface area contributed by atoms with E-state index in [1.165, 1.54) is 18.3 Å². The fourth-order valence-electron chi connectivity index (χ4n) is 3.71. The van der Waals surface area contributed by atoms with Gasteiger partial charge in [0.1, 0.15) is 23.0 Å². The maximum Gasteiger partial charge on any atom is 0.270 e. The summed E-state index contributed by atoms with van der Waals surface area (Å²) in [5, 5.41) is 6.07. The lowest BCUT2D eigenvalue weighted by molar-refractivity contribution is 0.0949. The molecule has 0 radical (unpaired) electrons. The van der Waals surface area contributed by atoms with Crippen molar-refractivity contribution < 1.29 is 13.9 Å². The molecule has 36 heavy (non-hydrogen) atoms. The molecule has 0 saturated carbocycles. The summed E-state index contributed by atoms with van der Waals surface area (Å²) in [6, 6.07) is 18.8. The normalized spacial score (nSPS) is 10.8. The van der Waals surface area contributed by atoms with Gasteiger partial charge in [0.05, 0.1) is 11.0 Å². The first-order valence-electron chi connectivity index (χ1n) is 11.4. The number of nitrogens with zero attached hydrogens (tertiary/aromatic N) is 4. The molecule has 2 N–H and O–H groups in total. The van der Waals surface area contributed by atoms with E-state index in [1.807, 2.05) is 41.9 Å². The van der Waals surface area contributed by atoms with Crippen molar-refractivity contribution in [3.63, 3.8) is 0 Å². The number of imidazole rings is 1. The van der Waals surface area contributed by atoms with Crippen molar-refractivity contribution in [2.45, 2.75) is 6.42 Å². The smallest absolute Gasteiger partial charge is 0.270 e. The summed E-state index contributed by atoms with van der Waals surface area (Å²) in [4.78, 5) is 25.3. The van der Waals surface area contributed by atoms with Crippen LogP contribution in [-0.2, 0) is 13.5 Å². The van der Waals surface area contributed by atoms with Gasteiger partial charge in [0, 0.05) is 50.0 Å². The van der Waals surface area contributed by atoms with Crippen LogP contribution in [0.15, 0.2) is 85.3 Å². The van der Waals surface area contributed by atoms with Crippen LogP contribution < -0.4 is 15.4 Å². The molecule has 5 rings (SSSR count). The molecule has 9 heteroatoms. The van der Waals surface area contributed by atoms with Gasteiger partial charge in [-0.3, -0.25) is 14.8 Å². The molecule has 0 atom stereocenters. The highest BCUT2D eigenvalue weighted by atomic mass is 19.1. The molecule has 0 spiro atoms. The number of pyridine rings is 2. The van der Waals surface area contributed by atoms with Crippen LogP contribution in [0.5, 0.6) is 11.5 Å². The molecule has 2 aromatic carbocycles. The lowest BCUT2D eigenvalue weighted by atomic mass is 10.2. The number of carbonyl (C=O) groups excluding carboxylic acids is 1. The summed E-state index contributed by atoms with van der Waals surface area (Å²) in [6.07, 6.45) is 5.69. The average Bonchev–Trinajstić information content (AvgIpc) is 3.20. The highest BCUT2D eigenvalue weighted by molar-refractivity contribution is 5.92. The Labute approximate surface area is 206 Å². The standard InChI is InChI=1S/C27H23FN6O2/c1-34-25-7-6-21(16-23(25)33-27(34)32-20-4-2-19(28)3-5-20)36-22-11-15-30-24(17-22)26(35)31-14-10-18-8-12-29-13-9-18/h2-9,11-13,15-17H,10,14H2,1H3,(H,31,35)(H,32,33). The maximum atomic E-state index is 13.2. The molecule has 5 aromatic rings. The van der Waals surface area contributed by atoms with E-state index in [0.29, 0.717) is 30.4 Å². The molecule has 180 valence electrons. The van der Waals surface area contributed by atoms with Crippen molar-refractivity contribution in [3.05, 3.63) is 102 Å². The van der Waals surface area contributed by atoms with Crippen molar-refractivity contribution in [1.82, 2.24) is 24.8 Å². The molecule has 1 amide bonds. The monoisotopic (exact) mass is 482 g/mol. The Morgan fingerprint density at radius 1 is 0.972 bits per heavy atom. The molecule has 0 saturated heterocycles. The van der Waals surface area contributed by atoms with E-state index >= 15 is 0 Å². The first-order valence-corrected chi connectivity index (χ1v) is 11.4. The minimum atomic E-state index is -0.297. The van der Waals surface area contributed by atoms with Gasteiger partial charge in [-0.05, 0) is 66.6 Å². The Morgan fingerprint density at radius 2 is 1.75 bits per heavy atom. The van der Waals surface area contributed by atoms with Gasteiger partial charge in [0.15, 0.2) is 0 Å². The van der Waals surface area contributed by atoms with Crippen LogP contribution in [0.3, 0.4) is 0 Å². The lowest BCUT2D eigenvalue weighted by Gasteiger charge is -2.08. The van der Waals surface area contributed by atoms with Crippen LogP contribution in [0.25, 0.3) is 11.0 Å². The molecule has 0 aliphatic carbocycles. The number of benzene rings is 2. The summed E-state index contributed by atoms with van der Waals surface area (Å²) in [5.41, 5.74) is 3.72. The van der Waals surface area contributed by atoms with E-state index in [1.54, 1.807) is 36.7 Å². The maximum absolute atomic E-state index is 13.2. The molecular formula is C27H23FN6O2. The second-order valence-corrected chi connectivity index (χ2v) is 8.12. The van der Waals surface area contributed by atoms with E-state index in [0.717, 1.165) is 22.3 Å². The van der Waals surface area contributed by atoms with Crippen LogP contribution in [-0.4, -0.2) is 32.0 Å². The van der Waals surface area contributed by atoms with Crippen LogP contribution in [0.2, 0.25) is 0 Å². The molecule has 0 aliphatic rings. The molecular weight excluding hydrogens is 459 g/mol. The summed E-state index contributed by atoms with van der Waals surface area (Å²) in [5.74, 6) is 1.11. The Bertz CT molecular complexity index is 1500. The van der Waals surface area contributed by atoms with Crippen LogP contribution >= 0.6 is 0 Å². The van der Waals surface area contributed by atoms with Crippen molar-refractivity contribution >= 4 is 28.6 Å². The number of nitrogens with one attached hydrogen (secondary N) is 2. The van der Waals surface area contributed by atoms with Crippen LogP contribution in [0, 0.1) is 5.82 Å². The Hall–Kier alpha value is -4.79. The van der Waals surface area contributed by atoms with Crippen molar-refractivity contribution in [2.75, 3.05) is 11.9 Å². The van der Waals surface area contributed by atoms with E-state index in [9.17, 15) is 9.18 Å². The van der Waals surface area contributed by atoms with Gasteiger partial charge in [-0.25, -0.2) is 9.37 Å². The third-order valence-electron chi connectivity index (χ3n) is 5.60. The van der Waals surface area contributed by atoms with Gasteiger partial charge in [-0.15, -0.1) is 0 Å². The van der Waals surface area contributed by atoms with Gasteiger partial charge in [0.25, 0.3) is 5.91 Å². The predicted molar refractivity (Wildman–Crippen MR) is 135 cm³/mol. The average molecular weight is 483 g/mol. The van der Waals surface area contributed by atoms with Gasteiger partial charge in [-0.1, -0.05) is 0 Å². The number of aromatic nitrogens is 4. The highest BCUT2D eigenvalue weighted by Gasteiger charge is 2.12. The van der Waals surface area contributed by atoms with Gasteiger partial charge in [-0.2, -0.15) is 0 Å². The van der Waals surface area contributed by atoms with Crippen molar-refractivity contribution in [2.24, 2.45) is 7.05 Å². The van der Waals surface area contributed by atoms with Gasteiger partial charge >= 0.3 is 0 Å². The summed E-state index contributed by atoms with van der Waals surface area (Å²) in [6.45, 7) is 0.486. The van der Waals surface area contributed by atoms with Gasteiger partial charge < -0.3 is 19.9 Å². The Morgan fingerprint density at radius 3 is 2.56 bits per heavy atom. The number of carbonyl (C=O) groups is 1. The first-order chi connectivity index (χ1) is 17.5. The molecule has 8 nitrogen and oxygen atoms in total. The highest BCUT2D eigenvalue weighted by Crippen LogP contribution is 2.28. The number of hydrogen-bond acceptors (Lipinski definition) is 6. The van der Waals surface area contributed by atoms with Crippen LogP contribution in [0.4, 0.5) is 16.0 Å². The molecule has 0 aliphatic heterocycles. The molecule has 0 bridgehead atoms. The summed E-state index contributed by atoms with van der Waals surface area (Å²) in [7, 11) is 1.89. The zero-order chi connectivity index (χ0) is 24.9. The number of halogens is 1. The zero-order valence-electron chi connectivity index (χ0n) is 19.5. The molecule has 0 unspecified atom stereocenters. The molecule has 0 fully saturated rings.